The summed E-state index contributed by atoms with van der Waals surface area (Å²) in [6, 6.07) is 9.73. The zero-order valence-corrected chi connectivity index (χ0v) is 7.70. The summed E-state index contributed by atoms with van der Waals surface area (Å²) in [4.78, 5) is 2.03. The first-order chi connectivity index (χ1) is 6.24. The smallest absolute Gasteiger partial charge is 0.0640 e. The third-order valence-electron chi connectivity index (χ3n) is 1.89. The highest BCUT2D eigenvalue weighted by Crippen LogP contribution is 2.14. The highest BCUT2D eigenvalue weighted by molar-refractivity contribution is 5.52. The van der Waals surface area contributed by atoms with Gasteiger partial charge in [0.25, 0.3) is 0 Å². The largest absolute Gasteiger partial charge is 0.399 e. The lowest BCUT2D eigenvalue weighted by Gasteiger charge is -2.17. The summed E-state index contributed by atoms with van der Waals surface area (Å²) in [5.74, 6) is 0. The van der Waals surface area contributed by atoms with Gasteiger partial charge in [0, 0.05) is 25.0 Å². The van der Waals surface area contributed by atoms with Crippen molar-refractivity contribution in [2.45, 2.75) is 6.42 Å². The molecule has 0 aliphatic heterocycles. The molecule has 1 aromatic carbocycles. The molecule has 0 aromatic heterocycles. The molecule has 0 spiro atoms. The maximum Gasteiger partial charge on any atom is 0.0640 e. The summed E-state index contributed by atoms with van der Waals surface area (Å²) < 4.78 is 0. The lowest BCUT2D eigenvalue weighted by Crippen LogP contribution is -2.17. The first-order valence-electron chi connectivity index (χ1n) is 4.17. The third kappa shape index (κ3) is 2.68. The van der Waals surface area contributed by atoms with Gasteiger partial charge in [0.2, 0.25) is 0 Å². The quantitative estimate of drug-likeness (QED) is 0.710. The van der Waals surface area contributed by atoms with E-state index >= 15 is 0 Å². The predicted octanol–water partition coefficient (Wildman–Crippen LogP) is 1.62. The molecule has 0 atom stereocenters. The lowest BCUT2D eigenvalue weighted by atomic mass is 10.2. The van der Waals surface area contributed by atoms with E-state index in [0.717, 1.165) is 17.9 Å². The van der Waals surface area contributed by atoms with Crippen LogP contribution in [-0.4, -0.2) is 13.6 Å². The van der Waals surface area contributed by atoms with Gasteiger partial charge in [-0.2, -0.15) is 5.26 Å². The van der Waals surface area contributed by atoms with Crippen LogP contribution in [0.5, 0.6) is 0 Å². The Labute approximate surface area is 78.4 Å². The summed E-state index contributed by atoms with van der Waals surface area (Å²) in [6.07, 6.45) is 0.543. The van der Waals surface area contributed by atoms with E-state index in [1.54, 1.807) is 0 Å². The monoisotopic (exact) mass is 175 g/mol. The van der Waals surface area contributed by atoms with Crippen molar-refractivity contribution >= 4 is 11.4 Å². The zero-order chi connectivity index (χ0) is 9.68. The van der Waals surface area contributed by atoms with Crippen molar-refractivity contribution in [2.75, 3.05) is 24.2 Å². The fourth-order valence-corrected chi connectivity index (χ4v) is 1.08. The maximum absolute atomic E-state index is 8.41. The molecule has 13 heavy (non-hydrogen) atoms. The molecular formula is C10H13N3. The van der Waals surface area contributed by atoms with Crippen LogP contribution in [0.3, 0.4) is 0 Å². The molecular weight excluding hydrogens is 162 g/mol. The van der Waals surface area contributed by atoms with Gasteiger partial charge in [0.1, 0.15) is 0 Å². The molecule has 0 saturated heterocycles. The number of rotatable bonds is 3. The molecule has 1 aromatic rings. The van der Waals surface area contributed by atoms with Crippen molar-refractivity contribution in [3.05, 3.63) is 24.3 Å². The Morgan fingerprint density at radius 1 is 1.38 bits per heavy atom. The zero-order valence-electron chi connectivity index (χ0n) is 7.70. The molecule has 0 unspecified atom stereocenters. The molecule has 0 heterocycles. The van der Waals surface area contributed by atoms with Crippen molar-refractivity contribution in [2.24, 2.45) is 0 Å². The SMILES string of the molecule is CN(CCC#N)c1ccc(N)cc1. The minimum absolute atomic E-state index is 0.543. The standard InChI is InChI=1S/C10H13N3/c1-13(8-2-7-11)10-5-3-9(12)4-6-10/h3-6H,2,8,12H2,1H3. The van der Waals surface area contributed by atoms with E-state index in [0.29, 0.717) is 6.42 Å². The number of nitrogen functional groups attached to an aromatic ring is 1. The number of nitrogens with two attached hydrogens (primary N) is 1. The second-order valence-electron chi connectivity index (χ2n) is 2.92. The van der Waals surface area contributed by atoms with E-state index in [-0.39, 0.29) is 0 Å². The van der Waals surface area contributed by atoms with Gasteiger partial charge < -0.3 is 10.6 Å². The molecule has 0 saturated carbocycles. The Morgan fingerprint density at radius 2 is 2.00 bits per heavy atom. The van der Waals surface area contributed by atoms with E-state index in [4.69, 9.17) is 11.0 Å². The Morgan fingerprint density at radius 3 is 2.54 bits per heavy atom. The highest BCUT2D eigenvalue weighted by atomic mass is 15.1. The average molecular weight is 175 g/mol. The van der Waals surface area contributed by atoms with E-state index in [2.05, 4.69) is 6.07 Å². The van der Waals surface area contributed by atoms with Crippen LogP contribution in [-0.2, 0) is 0 Å². The second kappa shape index (κ2) is 4.36. The van der Waals surface area contributed by atoms with Gasteiger partial charge in [0.15, 0.2) is 0 Å². The van der Waals surface area contributed by atoms with Gasteiger partial charge in [-0.1, -0.05) is 0 Å². The normalized spacial score (nSPS) is 9.23. The van der Waals surface area contributed by atoms with Crippen molar-refractivity contribution in [3.8, 4) is 6.07 Å². The summed E-state index contributed by atoms with van der Waals surface area (Å²) >= 11 is 0. The van der Waals surface area contributed by atoms with Crippen molar-refractivity contribution in [1.82, 2.24) is 0 Å². The van der Waals surface area contributed by atoms with Crippen molar-refractivity contribution in [1.29, 1.82) is 5.26 Å². The predicted molar refractivity (Wildman–Crippen MR) is 54.4 cm³/mol. The third-order valence-corrected chi connectivity index (χ3v) is 1.89. The molecule has 3 nitrogen and oxygen atoms in total. The van der Waals surface area contributed by atoms with Crippen LogP contribution < -0.4 is 10.6 Å². The minimum atomic E-state index is 0.543. The van der Waals surface area contributed by atoms with Gasteiger partial charge in [-0.25, -0.2) is 0 Å². The molecule has 0 amide bonds. The number of benzene rings is 1. The molecule has 3 heteroatoms. The van der Waals surface area contributed by atoms with Gasteiger partial charge in [-0.3, -0.25) is 0 Å². The van der Waals surface area contributed by atoms with Gasteiger partial charge in [-0.05, 0) is 24.3 Å². The Hall–Kier alpha value is -1.69. The maximum atomic E-state index is 8.41. The second-order valence-corrected chi connectivity index (χ2v) is 2.92. The Balaban J connectivity index is 2.62. The minimum Gasteiger partial charge on any atom is -0.399 e. The molecule has 1 rings (SSSR count). The number of hydrogen-bond acceptors (Lipinski definition) is 3. The summed E-state index contributed by atoms with van der Waals surface area (Å²) in [7, 11) is 1.96. The fourth-order valence-electron chi connectivity index (χ4n) is 1.08. The van der Waals surface area contributed by atoms with Crippen LogP contribution in [0.2, 0.25) is 0 Å². The van der Waals surface area contributed by atoms with Crippen molar-refractivity contribution in [3.63, 3.8) is 0 Å². The summed E-state index contributed by atoms with van der Waals surface area (Å²) in [5, 5.41) is 8.41. The van der Waals surface area contributed by atoms with Gasteiger partial charge >= 0.3 is 0 Å². The van der Waals surface area contributed by atoms with Gasteiger partial charge in [0.05, 0.1) is 12.5 Å². The molecule has 2 N–H and O–H groups in total. The molecule has 0 aliphatic rings. The fraction of sp³-hybridized carbons (Fsp3) is 0.300. The molecule has 0 aliphatic carbocycles. The molecule has 0 bridgehead atoms. The highest BCUT2D eigenvalue weighted by Gasteiger charge is 1.98. The number of nitriles is 1. The average Bonchev–Trinajstić information content (AvgIpc) is 2.15. The van der Waals surface area contributed by atoms with E-state index < -0.39 is 0 Å². The van der Waals surface area contributed by atoms with Crippen LogP contribution in [0.25, 0.3) is 0 Å². The number of anilines is 2. The lowest BCUT2D eigenvalue weighted by molar-refractivity contribution is 0.905. The van der Waals surface area contributed by atoms with Crippen LogP contribution in [0.15, 0.2) is 24.3 Å². The first-order valence-corrected chi connectivity index (χ1v) is 4.17. The van der Waals surface area contributed by atoms with E-state index in [1.165, 1.54) is 0 Å². The van der Waals surface area contributed by atoms with Crippen LogP contribution in [0.4, 0.5) is 11.4 Å². The van der Waals surface area contributed by atoms with Crippen LogP contribution in [0, 0.1) is 11.3 Å². The van der Waals surface area contributed by atoms with Crippen LogP contribution >= 0.6 is 0 Å². The van der Waals surface area contributed by atoms with Gasteiger partial charge in [-0.15, -0.1) is 0 Å². The number of nitrogens with zero attached hydrogens (tertiary/aromatic N) is 2. The molecule has 0 radical (unpaired) electrons. The summed E-state index contributed by atoms with van der Waals surface area (Å²) in [5.41, 5.74) is 7.41. The first kappa shape index (κ1) is 9.40. The molecule has 0 fully saturated rings. The summed E-state index contributed by atoms with van der Waals surface area (Å²) in [6.45, 7) is 0.750. The topological polar surface area (TPSA) is 53.0 Å². The van der Waals surface area contributed by atoms with Crippen molar-refractivity contribution < 1.29 is 0 Å². The van der Waals surface area contributed by atoms with E-state index in [9.17, 15) is 0 Å². The Kier molecular flexibility index (Phi) is 3.15. The molecule has 68 valence electrons. The van der Waals surface area contributed by atoms with Crippen LogP contribution in [0.1, 0.15) is 6.42 Å². The van der Waals surface area contributed by atoms with E-state index in [1.807, 2.05) is 36.2 Å². The Bertz CT molecular complexity index is 297. The number of hydrogen-bond donors (Lipinski definition) is 1.